The zero-order valence-corrected chi connectivity index (χ0v) is 10.2. The summed E-state index contributed by atoms with van der Waals surface area (Å²) in [5, 5.41) is 0. The Hall–Kier alpha value is -1.35. The number of hydrogen-bond donors (Lipinski definition) is 0. The Bertz CT molecular complexity index is 364. The largest absolute Gasteiger partial charge is 0.425 e. The SMILES string of the molecule is COCC(=O)Oc1cccc(C(C)(C)C)c1. The van der Waals surface area contributed by atoms with Gasteiger partial charge in [-0.25, -0.2) is 4.79 Å². The van der Waals surface area contributed by atoms with Crippen molar-refractivity contribution in [2.45, 2.75) is 26.2 Å². The molecule has 0 aliphatic rings. The molecule has 0 aromatic heterocycles. The van der Waals surface area contributed by atoms with Gasteiger partial charge in [-0.2, -0.15) is 0 Å². The van der Waals surface area contributed by atoms with Crippen molar-refractivity contribution in [2.75, 3.05) is 13.7 Å². The van der Waals surface area contributed by atoms with Gasteiger partial charge in [0.15, 0.2) is 0 Å². The van der Waals surface area contributed by atoms with Crippen LogP contribution in [0.25, 0.3) is 0 Å². The highest BCUT2D eigenvalue weighted by molar-refractivity contribution is 5.73. The van der Waals surface area contributed by atoms with E-state index in [9.17, 15) is 4.79 Å². The summed E-state index contributed by atoms with van der Waals surface area (Å²) in [6, 6.07) is 7.56. The van der Waals surface area contributed by atoms with E-state index in [1.165, 1.54) is 7.11 Å². The molecule has 1 rings (SSSR count). The second kappa shape index (κ2) is 5.12. The van der Waals surface area contributed by atoms with Crippen molar-refractivity contribution in [1.82, 2.24) is 0 Å². The Kier molecular flexibility index (Phi) is 4.07. The van der Waals surface area contributed by atoms with Gasteiger partial charge in [0, 0.05) is 7.11 Å². The highest BCUT2D eigenvalue weighted by atomic mass is 16.6. The lowest BCUT2D eigenvalue weighted by atomic mass is 9.87. The van der Waals surface area contributed by atoms with Crippen LogP contribution in [-0.4, -0.2) is 19.7 Å². The predicted molar refractivity (Wildman–Crippen MR) is 62.7 cm³/mol. The van der Waals surface area contributed by atoms with Crippen LogP contribution in [0, 0.1) is 0 Å². The zero-order chi connectivity index (χ0) is 12.2. The van der Waals surface area contributed by atoms with Gasteiger partial charge < -0.3 is 9.47 Å². The Balaban J connectivity index is 2.79. The molecule has 3 nitrogen and oxygen atoms in total. The molecule has 1 aromatic carbocycles. The Morgan fingerprint density at radius 3 is 2.56 bits per heavy atom. The normalized spacial score (nSPS) is 11.2. The molecule has 0 N–H and O–H groups in total. The predicted octanol–water partition coefficient (Wildman–Crippen LogP) is 2.54. The molecule has 0 aliphatic carbocycles. The van der Waals surface area contributed by atoms with E-state index in [-0.39, 0.29) is 18.0 Å². The lowest BCUT2D eigenvalue weighted by molar-refractivity contribution is -0.138. The summed E-state index contributed by atoms with van der Waals surface area (Å²) in [5.74, 6) is 0.183. The molecule has 0 fully saturated rings. The molecule has 88 valence electrons. The summed E-state index contributed by atoms with van der Waals surface area (Å²) in [5.41, 5.74) is 1.18. The molecule has 16 heavy (non-hydrogen) atoms. The molecular formula is C13H18O3. The quantitative estimate of drug-likeness (QED) is 0.582. The van der Waals surface area contributed by atoms with Gasteiger partial charge in [0.2, 0.25) is 0 Å². The number of carbonyl (C=O) groups is 1. The fraction of sp³-hybridized carbons (Fsp3) is 0.462. The van der Waals surface area contributed by atoms with E-state index < -0.39 is 0 Å². The third-order valence-electron chi connectivity index (χ3n) is 2.19. The van der Waals surface area contributed by atoms with Crippen molar-refractivity contribution < 1.29 is 14.3 Å². The Labute approximate surface area is 96.4 Å². The topological polar surface area (TPSA) is 35.5 Å². The number of hydrogen-bond acceptors (Lipinski definition) is 3. The minimum absolute atomic E-state index is 0.0280. The van der Waals surface area contributed by atoms with Crippen LogP contribution in [0.3, 0.4) is 0 Å². The van der Waals surface area contributed by atoms with Gasteiger partial charge in [0.05, 0.1) is 0 Å². The van der Waals surface area contributed by atoms with Crippen molar-refractivity contribution in [1.29, 1.82) is 0 Å². The van der Waals surface area contributed by atoms with Crippen molar-refractivity contribution >= 4 is 5.97 Å². The van der Waals surface area contributed by atoms with Crippen molar-refractivity contribution in [3.8, 4) is 5.75 Å². The summed E-state index contributed by atoms with van der Waals surface area (Å²) < 4.78 is 9.83. The molecule has 0 spiro atoms. The van der Waals surface area contributed by atoms with Gasteiger partial charge in [-0.3, -0.25) is 0 Å². The molecule has 0 unspecified atom stereocenters. The van der Waals surface area contributed by atoms with Crippen molar-refractivity contribution in [2.24, 2.45) is 0 Å². The summed E-state index contributed by atoms with van der Waals surface area (Å²) in [6.45, 7) is 6.31. The van der Waals surface area contributed by atoms with Gasteiger partial charge in [-0.1, -0.05) is 32.9 Å². The fourth-order valence-corrected chi connectivity index (χ4v) is 1.30. The number of esters is 1. The number of carbonyl (C=O) groups excluding carboxylic acids is 1. The highest BCUT2D eigenvalue weighted by Crippen LogP contribution is 2.25. The summed E-state index contributed by atoms with van der Waals surface area (Å²) in [4.78, 5) is 11.2. The first-order valence-electron chi connectivity index (χ1n) is 5.23. The number of methoxy groups -OCH3 is 1. The molecule has 0 saturated carbocycles. The van der Waals surface area contributed by atoms with E-state index in [0.29, 0.717) is 5.75 Å². The molecule has 0 atom stereocenters. The summed E-state index contributed by atoms with van der Waals surface area (Å²) in [6.07, 6.45) is 0. The second-order valence-electron chi connectivity index (χ2n) is 4.68. The van der Waals surface area contributed by atoms with Gasteiger partial charge in [-0.05, 0) is 23.1 Å². The molecule has 0 aliphatic heterocycles. The van der Waals surface area contributed by atoms with E-state index in [1.807, 2.05) is 18.2 Å². The molecule has 0 heterocycles. The number of ether oxygens (including phenoxy) is 2. The summed E-state index contributed by atoms with van der Waals surface area (Å²) >= 11 is 0. The molecule has 0 radical (unpaired) electrons. The fourth-order valence-electron chi connectivity index (χ4n) is 1.30. The molecule has 0 bridgehead atoms. The first kappa shape index (κ1) is 12.7. The maximum Gasteiger partial charge on any atom is 0.337 e. The van der Waals surface area contributed by atoms with Gasteiger partial charge in [0.25, 0.3) is 0 Å². The second-order valence-corrected chi connectivity index (χ2v) is 4.68. The van der Waals surface area contributed by atoms with Gasteiger partial charge >= 0.3 is 5.97 Å². The van der Waals surface area contributed by atoms with Crippen LogP contribution < -0.4 is 4.74 Å². The molecular weight excluding hydrogens is 204 g/mol. The van der Waals surface area contributed by atoms with Crippen LogP contribution in [0.5, 0.6) is 5.75 Å². The average molecular weight is 222 g/mol. The van der Waals surface area contributed by atoms with Crippen molar-refractivity contribution in [3.05, 3.63) is 29.8 Å². The monoisotopic (exact) mass is 222 g/mol. The molecule has 3 heteroatoms. The maximum absolute atomic E-state index is 11.2. The Morgan fingerprint density at radius 2 is 2.00 bits per heavy atom. The lowest BCUT2D eigenvalue weighted by Crippen LogP contribution is -2.15. The van der Waals surface area contributed by atoms with E-state index in [2.05, 4.69) is 20.8 Å². The number of rotatable bonds is 3. The maximum atomic E-state index is 11.2. The molecule has 1 aromatic rings. The standard InChI is InChI=1S/C13H18O3/c1-13(2,3)10-6-5-7-11(8-10)16-12(14)9-15-4/h5-8H,9H2,1-4H3. The van der Waals surface area contributed by atoms with Gasteiger partial charge in [0.1, 0.15) is 12.4 Å². The average Bonchev–Trinajstić information content (AvgIpc) is 2.17. The highest BCUT2D eigenvalue weighted by Gasteiger charge is 2.14. The van der Waals surface area contributed by atoms with Crippen LogP contribution in [0.2, 0.25) is 0 Å². The van der Waals surface area contributed by atoms with Crippen LogP contribution in [-0.2, 0) is 14.9 Å². The minimum Gasteiger partial charge on any atom is -0.425 e. The number of benzene rings is 1. The third kappa shape index (κ3) is 3.66. The summed E-state index contributed by atoms with van der Waals surface area (Å²) in [7, 11) is 1.47. The smallest absolute Gasteiger partial charge is 0.337 e. The van der Waals surface area contributed by atoms with E-state index in [1.54, 1.807) is 6.07 Å². The van der Waals surface area contributed by atoms with E-state index in [4.69, 9.17) is 9.47 Å². The van der Waals surface area contributed by atoms with E-state index >= 15 is 0 Å². The Morgan fingerprint density at radius 1 is 1.31 bits per heavy atom. The zero-order valence-electron chi connectivity index (χ0n) is 10.2. The van der Waals surface area contributed by atoms with Crippen molar-refractivity contribution in [3.63, 3.8) is 0 Å². The molecule has 0 amide bonds. The first-order valence-corrected chi connectivity index (χ1v) is 5.23. The van der Waals surface area contributed by atoms with Crippen LogP contribution in [0.4, 0.5) is 0 Å². The minimum atomic E-state index is -0.381. The third-order valence-corrected chi connectivity index (χ3v) is 2.19. The first-order chi connectivity index (χ1) is 7.43. The van der Waals surface area contributed by atoms with Crippen LogP contribution in [0.1, 0.15) is 26.3 Å². The van der Waals surface area contributed by atoms with Crippen LogP contribution >= 0.6 is 0 Å². The van der Waals surface area contributed by atoms with Crippen LogP contribution in [0.15, 0.2) is 24.3 Å². The lowest BCUT2D eigenvalue weighted by Gasteiger charge is -2.19. The molecule has 0 saturated heterocycles. The van der Waals surface area contributed by atoms with E-state index in [0.717, 1.165) is 5.56 Å². The van der Waals surface area contributed by atoms with Gasteiger partial charge in [-0.15, -0.1) is 0 Å².